The van der Waals surface area contributed by atoms with Crippen LogP contribution in [0.15, 0.2) is 12.1 Å². The average Bonchev–Trinajstić information content (AvgIpc) is 2.71. The van der Waals surface area contributed by atoms with Crippen LogP contribution in [0.4, 0.5) is 0 Å². The van der Waals surface area contributed by atoms with Gasteiger partial charge < -0.3 is 9.84 Å². The third kappa shape index (κ3) is 1.84. The summed E-state index contributed by atoms with van der Waals surface area (Å²) in [6.45, 7) is 5.07. The Labute approximate surface area is 107 Å². The lowest BCUT2D eigenvalue weighted by Gasteiger charge is -2.16. The largest absolute Gasteiger partial charge is 0.493 e. The van der Waals surface area contributed by atoms with E-state index in [1.54, 1.807) is 0 Å². The first-order chi connectivity index (χ1) is 7.99. The standard InChI is InChI=1S/C14H17ClO2/c1-14(2)7-11(14)12(16)10-6-9(15)5-8-3-4-17-13(8)10/h5-6,11-12,16H,3-4,7H2,1-2H3. The Hall–Kier alpha value is -0.730. The van der Waals surface area contributed by atoms with Crippen LogP contribution >= 0.6 is 11.6 Å². The molecule has 17 heavy (non-hydrogen) atoms. The van der Waals surface area contributed by atoms with Crippen molar-refractivity contribution in [2.24, 2.45) is 11.3 Å². The van der Waals surface area contributed by atoms with Crippen molar-refractivity contribution in [1.82, 2.24) is 0 Å². The topological polar surface area (TPSA) is 29.5 Å². The predicted molar refractivity (Wildman–Crippen MR) is 67.5 cm³/mol. The second-order valence-electron chi connectivity index (χ2n) is 5.83. The van der Waals surface area contributed by atoms with Crippen LogP contribution in [-0.2, 0) is 6.42 Å². The summed E-state index contributed by atoms with van der Waals surface area (Å²) in [4.78, 5) is 0. The van der Waals surface area contributed by atoms with Crippen molar-refractivity contribution in [3.63, 3.8) is 0 Å². The van der Waals surface area contributed by atoms with Crippen molar-refractivity contribution in [1.29, 1.82) is 0 Å². The number of hydrogen-bond acceptors (Lipinski definition) is 2. The summed E-state index contributed by atoms with van der Waals surface area (Å²) in [5, 5.41) is 11.1. The van der Waals surface area contributed by atoms with Gasteiger partial charge in [-0.25, -0.2) is 0 Å². The zero-order chi connectivity index (χ0) is 12.2. The van der Waals surface area contributed by atoms with Gasteiger partial charge in [0.05, 0.1) is 12.7 Å². The summed E-state index contributed by atoms with van der Waals surface area (Å²) < 4.78 is 5.63. The van der Waals surface area contributed by atoms with Gasteiger partial charge in [-0.3, -0.25) is 0 Å². The maximum Gasteiger partial charge on any atom is 0.128 e. The van der Waals surface area contributed by atoms with Gasteiger partial charge in [0.25, 0.3) is 0 Å². The molecule has 1 aromatic carbocycles. The number of halogens is 1. The van der Waals surface area contributed by atoms with Crippen molar-refractivity contribution in [3.05, 3.63) is 28.3 Å². The predicted octanol–water partition coefficient (Wildman–Crippen LogP) is 3.35. The molecule has 3 heteroatoms. The molecular weight excluding hydrogens is 236 g/mol. The molecule has 3 rings (SSSR count). The van der Waals surface area contributed by atoms with Gasteiger partial charge >= 0.3 is 0 Å². The highest BCUT2D eigenvalue weighted by molar-refractivity contribution is 6.30. The smallest absolute Gasteiger partial charge is 0.128 e. The number of fused-ring (bicyclic) bond motifs is 1. The molecule has 1 aromatic rings. The van der Waals surface area contributed by atoms with Crippen LogP contribution in [-0.4, -0.2) is 11.7 Å². The van der Waals surface area contributed by atoms with Crippen molar-refractivity contribution in [3.8, 4) is 5.75 Å². The van der Waals surface area contributed by atoms with Gasteiger partial charge in [-0.05, 0) is 35.4 Å². The summed E-state index contributed by atoms with van der Waals surface area (Å²) in [5.41, 5.74) is 2.25. The normalized spacial score (nSPS) is 26.2. The number of benzene rings is 1. The minimum absolute atomic E-state index is 0.243. The first-order valence-corrected chi connectivity index (χ1v) is 6.50. The molecule has 1 N–H and O–H groups in total. The van der Waals surface area contributed by atoms with Crippen molar-refractivity contribution in [2.45, 2.75) is 32.8 Å². The molecule has 0 saturated heterocycles. The van der Waals surface area contributed by atoms with Gasteiger partial charge in [0.1, 0.15) is 5.75 Å². The molecule has 1 fully saturated rings. The van der Waals surface area contributed by atoms with E-state index < -0.39 is 6.10 Å². The Morgan fingerprint density at radius 3 is 2.82 bits per heavy atom. The average molecular weight is 253 g/mol. The van der Waals surface area contributed by atoms with Crippen molar-refractivity contribution < 1.29 is 9.84 Å². The van der Waals surface area contributed by atoms with E-state index in [-0.39, 0.29) is 5.41 Å². The fourth-order valence-electron chi connectivity index (χ4n) is 2.78. The molecule has 2 nitrogen and oxygen atoms in total. The highest BCUT2D eigenvalue weighted by atomic mass is 35.5. The Morgan fingerprint density at radius 1 is 1.47 bits per heavy atom. The second-order valence-corrected chi connectivity index (χ2v) is 6.26. The maximum absolute atomic E-state index is 10.4. The lowest BCUT2D eigenvalue weighted by molar-refractivity contribution is 0.134. The van der Waals surface area contributed by atoms with Gasteiger partial charge in [-0.1, -0.05) is 25.4 Å². The molecule has 1 saturated carbocycles. The summed E-state index contributed by atoms with van der Waals surface area (Å²) in [6, 6.07) is 3.79. The van der Waals surface area contributed by atoms with E-state index in [4.69, 9.17) is 16.3 Å². The molecule has 0 amide bonds. The highest BCUT2D eigenvalue weighted by Gasteiger charge is 2.51. The number of hydrogen-bond donors (Lipinski definition) is 1. The number of aliphatic hydroxyl groups excluding tert-OH is 1. The van der Waals surface area contributed by atoms with E-state index in [1.807, 2.05) is 12.1 Å². The molecule has 1 heterocycles. The molecule has 92 valence electrons. The molecule has 0 bridgehead atoms. The quantitative estimate of drug-likeness (QED) is 0.875. The summed E-state index contributed by atoms with van der Waals surface area (Å²) in [6.07, 6.45) is 1.51. The fraction of sp³-hybridized carbons (Fsp3) is 0.571. The van der Waals surface area contributed by atoms with Crippen molar-refractivity contribution >= 4 is 11.6 Å². The molecule has 2 aliphatic rings. The summed E-state index contributed by atoms with van der Waals surface area (Å²) in [7, 11) is 0. The zero-order valence-electron chi connectivity index (χ0n) is 10.2. The van der Waals surface area contributed by atoms with Crippen LogP contribution in [0.3, 0.4) is 0 Å². The third-order valence-electron chi connectivity index (χ3n) is 4.07. The van der Waals surface area contributed by atoms with Crippen LogP contribution in [0.2, 0.25) is 5.02 Å². The Bertz CT molecular complexity index is 468. The number of ether oxygens (including phenoxy) is 1. The summed E-state index contributed by atoms with van der Waals surface area (Å²) in [5.74, 6) is 1.19. The Balaban J connectivity index is 1.98. The van der Waals surface area contributed by atoms with E-state index in [0.29, 0.717) is 17.5 Å². The molecule has 1 aliphatic carbocycles. The van der Waals surface area contributed by atoms with Crippen LogP contribution in [0, 0.1) is 11.3 Å². The molecule has 1 aliphatic heterocycles. The van der Waals surface area contributed by atoms with Gasteiger partial charge in [-0.2, -0.15) is 0 Å². The lowest BCUT2D eigenvalue weighted by atomic mass is 9.97. The monoisotopic (exact) mass is 252 g/mol. The zero-order valence-corrected chi connectivity index (χ0v) is 10.9. The fourth-order valence-corrected chi connectivity index (χ4v) is 3.03. The first-order valence-electron chi connectivity index (χ1n) is 6.12. The SMILES string of the molecule is CC1(C)CC1C(O)c1cc(Cl)cc2c1OCC2. The van der Waals surface area contributed by atoms with Gasteiger partial charge in [0.2, 0.25) is 0 Å². The molecular formula is C14H17ClO2. The van der Waals surface area contributed by atoms with E-state index in [0.717, 1.165) is 29.7 Å². The van der Waals surface area contributed by atoms with Crippen LogP contribution in [0.1, 0.15) is 37.5 Å². The van der Waals surface area contributed by atoms with Crippen LogP contribution in [0.25, 0.3) is 0 Å². The molecule has 2 unspecified atom stereocenters. The first kappa shape index (κ1) is 11.4. The lowest BCUT2D eigenvalue weighted by Crippen LogP contribution is -2.06. The summed E-state index contributed by atoms with van der Waals surface area (Å²) >= 11 is 6.10. The van der Waals surface area contributed by atoms with Gasteiger partial charge in [0, 0.05) is 17.0 Å². The van der Waals surface area contributed by atoms with Crippen molar-refractivity contribution in [2.75, 3.05) is 6.61 Å². The minimum atomic E-state index is -0.449. The van der Waals surface area contributed by atoms with E-state index in [9.17, 15) is 5.11 Å². The molecule has 0 aromatic heterocycles. The molecule has 2 atom stereocenters. The number of rotatable bonds is 2. The van der Waals surface area contributed by atoms with Crippen LogP contribution in [0.5, 0.6) is 5.75 Å². The number of aliphatic hydroxyl groups is 1. The molecule has 0 spiro atoms. The third-order valence-corrected chi connectivity index (χ3v) is 4.28. The van der Waals surface area contributed by atoms with E-state index in [1.165, 1.54) is 0 Å². The molecule has 0 radical (unpaired) electrons. The highest BCUT2D eigenvalue weighted by Crippen LogP contribution is 2.59. The maximum atomic E-state index is 10.4. The minimum Gasteiger partial charge on any atom is -0.493 e. The van der Waals surface area contributed by atoms with E-state index in [2.05, 4.69) is 13.8 Å². The van der Waals surface area contributed by atoms with Crippen LogP contribution < -0.4 is 4.74 Å². The Kier molecular flexibility index (Phi) is 2.43. The second kappa shape index (κ2) is 3.63. The van der Waals surface area contributed by atoms with Gasteiger partial charge in [0.15, 0.2) is 0 Å². The van der Waals surface area contributed by atoms with Gasteiger partial charge in [-0.15, -0.1) is 0 Å². The Morgan fingerprint density at radius 2 is 2.18 bits per heavy atom. The van der Waals surface area contributed by atoms with E-state index >= 15 is 0 Å².